The van der Waals surface area contributed by atoms with E-state index in [2.05, 4.69) is 21.2 Å². The molecule has 0 aliphatic rings. The van der Waals surface area contributed by atoms with Crippen LogP contribution in [0.1, 0.15) is 16.7 Å². The van der Waals surface area contributed by atoms with E-state index in [1.54, 1.807) is 6.08 Å². The van der Waals surface area contributed by atoms with Crippen molar-refractivity contribution in [3.05, 3.63) is 100 Å². The maximum atomic E-state index is 12.1. The standard InChI is InChI=1S/C23H20BrNO2/c1-17-4-2-3-5-22(17)25-23(26)15-10-18-8-13-21(14-9-18)27-16-19-6-11-20(24)12-7-19/h2-15H,16H2,1H3,(H,25,26). The van der Waals surface area contributed by atoms with Gasteiger partial charge in [-0.15, -0.1) is 0 Å². The Morgan fingerprint density at radius 1 is 1.00 bits per heavy atom. The molecule has 0 aliphatic carbocycles. The number of benzene rings is 3. The first kappa shape index (κ1) is 18.9. The maximum absolute atomic E-state index is 12.1. The van der Waals surface area contributed by atoms with E-state index in [9.17, 15) is 4.79 Å². The lowest BCUT2D eigenvalue weighted by Gasteiger charge is -2.07. The van der Waals surface area contributed by atoms with Crippen molar-refractivity contribution in [2.75, 3.05) is 5.32 Å². The highest BCUT2D eigenvalue weighted by Gasteiger charge is 2.01. The number of ether oxygens (including phenoxy) is 1. The number of carbonyl (C=O) groups is 1. The molecule has 136 valence electrons. The highest BCUT2D eigenvalue weighted by atomic mass is 79.9. The van der Waals surface area contributed by atoms with Crippen LogP contribution >= 0.6 is 15.9 Å². The van der Waals surface area contributed by atoms with E-state index in [1.165, 1.54) is 6.08 Å². The van der Waals surface area contributed by atoms with E-state index in [0.29, 0.717) is 6.61 Å². The Labute approximate surface area is 167 Å². The fourth-order valence-electron chi connectivity index (χ4n) is 2.48. The molecule has 0 saturated carbocycles. The number of halogens is 1. The molecule has 27 heavy (non-hydrogen) atoms. The monoisotopic (exact) mass is 421 g/mol. The highest BCUT2D eigenvalue weighted by molar-refractivity contribution is 9.10. The molecule has 3 aromatic rings. The maximum Gasteiger partial charge on any atom is 0.248 e. The van der Waals surface area contributed by atoms with Crippen LogP contribution in [0, 0.1) is 6.92 Å². The molecule has 0 aromatic heterocycles. The van der Waals surface area contributed by atoms with E-state index in [4.69, 9.17) is 4.74 Å². The lowest BCUT2D eigenvalue weighted by molar-refractivity contribution is -0.111. The average Bonchev–Trinajstić information content (AvgIpc) is 2.68. The molecule has 0 atom stereocenters. The number of rotatable bonds is 6. The highest BCUT2D eigenvalue weighted by Crippen LogP contribution is 2.17. The van der Waals surface area contributed by atoms with Crippen LogP contribution < -0.4 is 10.1 Å². The summed E-state index contributed by atoms with van der Waals surface area (Å²) in [5, 5.41) is 2.88. The lowest BCUT2D eigenvalue weighted by Crippen LogP contribution is -2.08. The van der Waals surface area contributed by atoms with Crippen molar-refractivity contribution >= 4 is 33.6 Å². The SMILES string of the molecule is Cc1ccccc1NC(=O)C=Cc1ccc(OCc2ccc(Br)cc2)cc1. The van der Waals surface area contributed by atoms with Gasteiger partial charge >= 0.3 is 0 Å². The number of para-hydroxylation sites is 1. The van der Waals surface area contributed by atoms with Gasteiger partial charge in [-0.25, -0.2) is 0 Å². The Morgan fingerprint density at radius 3 is 2.41 bits per heavy atom. The van der Waals surface area contributed by atoms with Gasteiger partial charge in [-0.2, -0.15) is 0 Å². The van der Waals surface area contributed by atoms with Crippen molar-refractivity contribution in [3.8, 4) is 5.75 Å². The first-order valence-corrected chi connectivity index (χ1v) is 9.41. The molecule has 3 aromatic carbocycles. The number of hydrogen-bond acceptors (Lipinski definition) is 2. The molecule has 3 nitrogen and oxygen atoms in total. The summed E-state index contributed by atoms with van der Waals surface area (Å²) in [5.74, 6) is 0.638. The molecule has 4 heteroatoms. The molecular weight excluding hydrogens is 402 g/mol. The van der Waals surface area contributed by atoms with Gasteiger partial charge in [0.25, 0.3) is 0 Å². The summed E-state index contributed by atoms with van der Waals surface area (Å²) in [5.41, 5.74) is 3.90. The van der Waals surface area contributed by atoms with E-state index >= 15 is 0 Å². The predicted molar refractivity (Wildman–Crippen MR) is 114 cm³/mol. The summed E-state index contributed by atoms with van der Waals surface area (Å²) in [6, 6.07) is 23.4. The van der Waals surface area contributed by atoms with E-state index in [0.717, 1.165) is 32.6 Å². The van der Waals surface area contributed by atoms with E-state index in [1.807, 2.05) is 79.7 Å². The van der Waals surface area contributed by atoms with Gasteiger partial charge in [-0.3, -0.25) is 4.79 Å². The molecule has 0 bridgehead atoms. The van der Waals surface area contributed by atoms with Crippen LogP contribution in [0.5, 0.6) is 5.75 Å². The summed E-state index contributed by atoms with van der Waals surface area (Å²) < 4.78 is 6.84. The van der Waals surface area contributed by atoms with Gasteiger partial charge < -0.3 is 10.1 Å². The summed E-state index contributed by atoms with van der Waals surface area (Å²) in [6.45, 7) is 2.48. The second kappa shape index (κ2) is 9.19. The summed E-state index contributed by atoms with van der Waals surface area (Å²) in [6.07, 6.45) is 3.32. The number of aryl methyl sites for hydroxylation is 1. The number of hydrogen-bond donors (Lipinski definition) is 1. The molecule has 0 unspecified atom stereocenters. The molecule has 0 saturated heterocycles. The molecule has 0 fully saturated rings. The van der Waals surface area contributed by atoms with Gasteiger partial charge in [-0.05, 0) is 60.0 Å². The minimum Gasteiger partial charge on any atom is -0.489 e. The summed E-state index contributed by atoms with van der Waals surface area (Å²) in [7, 11) is 0. The molecule has 1 amide bonds. The second-order valence-electron chi connectivity index (χ2n) is 6.12. The third-order valence-corrected chi connectivity index (χ3v) is 4.56. The number of anilines is 1. The van der Waals surface area contributed by atoms with Crippen LogP contribution in [-0.2, 0) is 11.4 Å². The largest absolute Gasteiger partial charge is 0.489 e. The molecule has 3 rings (SSSR count). The molecule has 0 heterocycles. The minimum absolute atomic E-state index is 0.153. The van der Waals surface area contributed by atoms with Crippen molar-refractivity contribution in [2.45, 2.75) is 13.5 Å². The third kappa shape index (κ3) is 5.83. The molecule has 0 spiro atoms. The van der Waals surface area contributed by atoms with Crippen LogP contribution in [0.15, 0.2) is 83.3 Å². The Kier molecular flexibility index (Phi) is 6.44. The zero-order valence-electron chi connectivity index (χ0n) is 15.0. The Morgan fingerprint density at radius 2 is 1.70 bits per heavy atom. The molecule has 0 aliphatic heterocycles. The summed E-state index contributed by atoms with van der Waals surface area (Å²) in [4.78, 5) is 12.1. The number of amides is 1. The first-order chi connectivity index (χ1) is 13.1. The van der Waals surface area contributed by atoms with Crippen LogP contribution in [0.25, 0.3) is 6.08 Å². The van der Waals surface area contributed by atoms with Crippen molar-refractivity contribution in [1.29, 1.82) is 0 Å². The first-order valence-electron chi connectivity index (χ1n) is 8.62. The lowest BCUT2D eigenvalue weighted by atomic mass is 10.2. The minimum atomic E-state index is -0.153. The third-order valence-electron chi connectivity index (χ3n) is 4.03. The van der Waals surface area contributed by atoms with E-state index in [-0.39, 0.29) is 5.91 Å². The number of carbonyl (C=O) groups excluding carboxylic acids is 1. The van der Waals surface area contributed by atoms with Gasteiger partial charge in [0.1, 0.15) is 12.4 Å². The topological polar surface area (TPSA) is 38.3 Å². The fraction of sp³-hybridized carbons (Fsp3) is 0.0870. The Hall–Kier alpha value is -2.85. The second-order valence-corrected chi connectivity index (χ2v) is 7.04. The molecular formula is C23H20BrNO2. The van der Waals surface area contributed by atoms with Crippen molar-refractivity contribution in [2.24, 2.45) is 0 Å². The predicted octanol–water partition coefficient (Wildman–Crippen LogP) is 5.99. The zero-order valence-corrected chi connectivity index (χ0v) is 16.6. The summed E-state index contributed by atoms with van der Waals surface area (Å²) >= 11 is 3.42. The van der Waals surface area contributed by atoms with Gasteiger partial charge in [0.15, 0.2) is 0 Å². The quantitative estimate of drug-likeness (QED) is 0.496. The van der Waals surface area contributed by atoms with Crippen LogP contribution in [-0.4, -0.2) is 5.91 Å². The van der Waals surface area contributed by atoms with Gasteiger partial charge in [0, 0.05) is 16.2 Å². The number of nitrogens with one attached hydrogen (secondary N) is 1. The van der Waals surface area contributed by atoms with Crippen molar-refractivity contribution < 1.29 is 9.53 Å². The Bertz CT molecular complexity index is 931. The van der Waals surface area contributed by atoms with Crippen LogP contribution in [0.4, 0.5) is 5.69 Å². The zero-order chi connectivity index (χ0) is 19.1. The Balaban J connectivity index is 1.53. The normalized spacial score (nSPS) is 10.7. The van der Waals surface area contributed by atoms with Crippen molar-refractivity contribution in [3.63, 3.8) is 0 Å². The van der Waals surface area contributed by atoms with Crippen molar-refractivity contribution in [1.82, 2.24) is 0 Å². The molecule has 1 N–H and O–H groups in total. The van der Waals surface area contributed by atoms with Crippen LogP contribution in [0.2, 0.25) is 0 Å². The van der Waals surface area contributed by atoms with Crippen LogP contribution in [0.3, 0.4) is 0 Å². The van der Waals surface area contributed by atoms with Gasteiger partial charge in [0.05, 0.1) is 0 Å². The fourth-order valence-corrected chi connectivity index (χ4v) is 2.75. The van der Waals surface area contributed by atoms with Gasteiger partial charge in [0.2, 0.25) is 5.91 Å². The average molecular weight is 422 g/mol. The van der Waals surface area contributed by atoms with E-state index < -0.39 is 0 Å². The molecule has 0 radical (unpaired) electrons. The van der Waals surface area contributed by atoms with Gasteiger partial charge in [-0.1, -0.05) is 58.4 Å². The smallest absolute Gasteiger partial charge is 0.248 e.